The van der Waals surface area contributed by atoms with Crippen LogP contribution in [0.5, 0.6) is 0 Å². The summed E-state index contributed by atoms with van der Waals surface area (Å²) in [5.74, 6) is -0.781. The Bertz CT molecular complexity index is 275. The van der Waals surface area contributed by atoms with Crippen molar-refractivity contribution in [2.24, 2.45) is 5.92 Å². The van der Waals surface area contributed by atoms with Crippen molar-refractivity contribution in [1.82, 2.24) is 5.32 Å². The van der Waals surface area contributed by atoms with Crippen LogP contribution in [0, 0.1) is 5.92 Å². The predicted molar refractivity (Wildman–Crippen MR) is 52.5 cm³/mol. The molecule has 0 radical (unpaired) electrons. The van der Waals surface area contributed by atoms with Crippen LogP contribution >= 0.6 is 0 Å². The Morgan fingerprint density at radius 3 is 2.43 bits per heavy atom. The van der Waals surface area contributed by atoms with Gasteiger partial charge in [0.1, 0.15) is 6.54 Å². The molecule has 0 aromatic rings. The Morgan fingerprint density at radius 1 is 1.50 bits per heavy atom. The molecule has 0 saturated carbocycles. The second-order valence-corrected chi connectivity index (χ2v) is 3.00. The molecule has 0 spiro atoms. The molecule has 14 heavy (non-hydrogen) atoms. The Kier molecular flexibility index (Phi) is 5.34. The van der Waals surface area contributed by atoms with Crippen molar-refractivity contribution in [1.29, 1.82) is 0 Å². The zero-order valence-electron chi connectivity index (χ0n) is 8.72. The van der Waals surface area contributed by atoms with E-state index in [1.54, 1.807) is 0 Å². The van der Waals surface area contributed by atoms with Crippen LogP contribution in [-0.4, -0.2) is 25.5 Å². The second kappa shape index (κ2) is 6.00. The lowest BCUT2D eigenvalue weighted by Crippen LogP contribution is -2.32. The largest absolute Gasteiger partial charge is 0.468 e. The van der Waals surface area contributed by atoms with Gasteiger partial charge in [-0.25, -0.2) is 0 Å². The summed E-state index contributed by atoms with van der Waals surface area (Å²) in [6.45, 7) is 6.98. The lowest BCUT2D eigenvalue weighted by Gasteiger charge is -2.08. The van der Waals surface area contributed by atoms with E-state index in [2.05, 4.69) is 22.4 Å². The zero-order valence-corrected chi connectivity index (χ0v) is 8.72. The molecule has 0 rings (SSSR count). The standard InChI is InChI=1S/C10H15NO3/c1-5-8(7(2)3)10(13)11-6-9(12)14-4/h7H,1,6H2,2-4H3,(H,11,13). The molecule has 0 aliphatic carbocycles. The highest BCUT2D eigenvalue weighted by Gasteiger charge is 2.13. The van der Waals surface area contributed by atoms with Gasteiger partial charge in [0.15, 0.2) is 0 Å². The second-order valence-electron chi connectivity index (χ2n) is 3.00. The molecule has 0 fully saturated rings. The Labute approximate surface area is 83.6 Å². The fourth-order valence-corrected chi connectivity index (χ4v) is 0.866. The number of amides is 1. The maximum atomic E-state index is 11.4. The summed E-state index contributed by atoms with van der Waals surface area (Å²) in [4.78, 5) is 22.1. The van der Waals surface area contributed by atoms with Crippen molar-refractivity contribution < 1.29 is 14.3 Å². The molecule has 1 N–H and O–H groups in total. The summed E-state index contributed by atoms with van der Waals surface area (Å²) in [7, 11) is 1.27. The van der Waals surface area contributed by atoms with Gasteiger partial charge >= 0.3 is 5.97 Å². The fourth-order valence-electron chi connectivity index (χ4n) is 0.866. The molecule has 0 aliphatic rings. The van der Waals surface area contributed by atoms with Crippen molar-refractivity contribution in [3.8, 4) is 0 Å². The molecule has 0 heterocycles. The molecule has 0 aliphatic heterocycles. The molecule has 4 heteroatoms. The summed E-state index contributed by atoms with van der Waals surface area (Å²) in [6.07, 6.45) is 0. The van der Waals surface area contributed by atoms with Crippen molar-refractivity contribution in [3.05, 3.63) is 17.9 Å². The maximum absolute atomic E-state index is 11.4. The number of carbonyl (C=O) groups is 2. The molecule has 0 bridgehead atoms. The number of methoxy groups -OCH3 is 1. The first-order valence-corrected chi connectivity index (χ1v) is 4.27. The van der Waals surface area contributed by atoms with Crippen LogP contribution in [-0.2, 0) is 14.3 Å². The van der Waals surface area contributed by atoms with Gasteiger partial charge in [-0.05, 0) is 5.92 Å². The Hall–Kier alpha value is -1.54. The Balaban J connectivity index is 4.21. The first-order chi connectivity index (χ1) is 6.52. The van der Waals surface area contributed by atoms with Gasteiger partial charge in [-0.2, -0.15) is 0 Å². The highest BCUT2D eigenvalue weighted by Crippen LogP contribution is 2.06. The monoisotopic (exact) mass is 197 g/mol. The minimum absolute atomic E-state index is 0.0325. The quantitative estimate of drug-likeness (QED) is 0.409. The molecule has 1 amide bonds. The van der Waals surface area contributed by atoms with Gasteiger partial charge in [-0.15, -0.1) is 5.73 Å². The topological polar surface area (TPSA) is 55.4 Å². The lowest BCUT2D eigenvalue weighted by molar-refractivity contribution is -0.140. The van der Waals surface area contributed by atoms with Gasteiger partial charge in [0.05, 0.1) is 12.7 Å². The van der Waals surface area contributed by atoms with Gasteiger partial charge in [0.2, 0.25) is 0 Å². The van der Waals surface area contributed by atoms with Crippen LogP contribution in [0.4, 0.5) is 0 Å². The van der Waals surface area contributed by atoms with Crippen LogP contribution < -0.4 is 5.32 Å². The molecule has 0 atom stereocenters. The number of carbonyl (C=O) groups excluding carboxylic acids is 2. The van der Waals surface area contributed by atoms with E-state index in [1.165, 1.54) is 7.11 Å². The third kappa shape index (κ3) is 3.92. The molecule has 78 valence electrons. The molecule has 4 nitrogen and oxygen atoms in total. The zero-order chi connectivity index (χ0) is 11.1. The van der Waals surface area contributed by atoms with Gasteiger partial charge < -0.3 is 10.1 Å². The molecule has 0 saturated heterocycles. The van der Waals surface area contributed by atoms with Crippen molar-refractivity contribution >= 4 is 11.9 Å². The van der Waals surface area contributed by atoms with Crippen LogP contribution in [0.15, 0.2) is 17.9 Å². The summed E-state index contributed by atoms with van der Waals surface area (Å²) < 4.78 is 4.38. The van der Waals surface area contributed by atoms with Crippen molar-refractivity contribution in [2.75, 3.05) is 13.7 Å². The fraction of sp³-hybridized carbons (Fsp3) is 0.500. The summed E-state index contributed by atoms with van der Waals surface area (Å²) in [5.41, 5.74) is 2.98. The first kappa shape index (κ1) is 12.5. The van der Waals surface area contributed by atoms with E-state index in [-0.39, 0.29) is 18.4 Å². The number of rotatable bonds is 4. The van der Waals surface area contributed by atoms with Crippen LogP contribution in [0.25, 0.3) is 0 Å². The summed E-state index contributed by atoms with van der Waals surface area (Å²) in [5, 5.41) is 2.41. The van der Waals surface area contributed by atoms with E-state index < -0.39 is 5.97 Å². The lowest BCUT2D eigenvalue weighted by atomic mass is 10.0. The van der Waals surface area contributed by atoms with E-state index in [0.29, 0.717) is 5.57 Å². The molecule has 0 aromatic heterocycles. The number of ether oxygens (including phenoxy) is 1. The number of hydrogen-bond acceptors (Lipinski definition) is 3. The molecule has 0 unspecified atom stereocenters. The minimum atomic E-state index is -0.481. The number of nitrogens with one attached hydrogen (secondary N) is 1. The van der Waals surface area contributed by atoms with E-state index in [4.69, 9.17) is 0 Å². The predicted octanol–water partition coefficient (Wildman–Crippen LogP) is 0.643. The van der Waals surface area contributed by atoms with E-state index in [9.17, 15) is 9.59 Å². The van der Waals surface area contributed by atoms with Gasteiger partial charge in [-0.1, -0.05) is 20.4 Å². The third-order valence-corrected chi connectivity index (χ3v) is 1.63. The van der Waals surface area contributed by atoms with E-state index >= 15 is 0 Å². The highest BCUT2D eigenvalue weighted by molar-refractivity contribution is 5.95. The van der Waals surface area contributed by atoms with Gasteiger partial charge in [-0.3, -0.25) is 9.59 Å². The van der Waals surface area contributed by atoms with Crippen LogP contribution in [0.1, 0.15) is 13.8 Å². The number of esters is 1. The van der Waals surface area contributed by atoms with Crippen molar-refractivity contribution in [2.45, 2.75) is 13.8 Å². The Morgan fingerprint density at radius 2 is 2.07 bits per heavy atom. The van der Waals surface area contributed by atoms with E-state index in [1.807, 2.05) is 13.8 Å². The average molecular weight is 197 g/mol. The number of hydrogen-bond donors (Lipinski definition) is 1. The minimum Gasteiger partial charge on any atom is -0.468 e. The molecule has 0 aromatic carbocycles. The van der Waals surface area contributed by atoms with Crippen molar-refractivity contribution in [3.63, 3.8) is 0 Å². The van der Waals surface area contributed by atoms with Gasteiger partial charge in [0.25, 0.3) is 5.91 Å². The normalized spacial score (nSPS) is 9.14. The van der Waals surface area contributed by atoms with Crippen LogP contribution in [0.3, 0.4) is 0 Å². The maximum Gasteiger partial charge on any atom is 0.325 e. The summed E-state index contributed by atoms with van der Waals surface area (Å²) in [6, 6.07) is 0. The first-order valence-electron chi connectivity index (χ1n) is 4.27. The highest BCUT2D eigenvalue weighted by atomic mass is 16.5. The molecular formula is C10H15NO3. The van der Waals surface area contributed by atoms with Gasteiger partial charge in [0, 0.05) is 0 Å². The molecular weight excluding hydrogens is 182 g/mol. The third-order valence-electron chi connectivity index (χ3n) is 1.63. The van der Waals surface area contributed by atoms with Crippen LogP contribution in [0.2, 0.25) is 0 Å². The average Bonchev–Trinajstić information content (AvgIpc) is 2.14. The SMILES string of the molecule is C=C=C(C(=O)NCC(=O)OC)C(C)C. The summed E-state index contributed by atoms with van der Waals surface area (Å²) >= 11 is 0. The van der Waals surface area contributed by atoms with E-state index in [0.717, 1.165) is 0 Å². The smallest absolute Gasteiger partial charge is 0.325 e.